The molecule has 102 valence electrons. The Hall–Kier alpha value is -1.14. The Morgan fingerprint density at radius 1 is 1.44 bits per heavy atom. The van der Waals surface area contributed by atoms with E-state index in [4.69, 9.17) is 15.2 Å². The van der Waals surface area contributed by atoms with Gasteiger partial charge in [0.25, 0.3) is 0 Å². The Morgan fingerprint density at radius 2 is 2.11 bits per heavy atom. The SMILES string of the molecule is COCC(=O)N1CC(C(N)=O)C2(CCOCC2)C1. The number of likely N-dealkylation sites (tertiary alicyclic amines) is 1. The van der Waals surface area contributed by atoms with Crippen LogP contribution in [0.15, 0.2) is 0 Å². The minimum absolute atomic E-state index is 0.0536. The van der Waals surface area contributed by atoms with Crippen LogP contribution in [0.1, 0.15) is 12.8 Å². The Bertz CT molecular complexity index is 339. The number of primary amides is 1. The summed E-state index contributed by atoms with van der Waals surface area (Å²) in [6.45, 7) is 2.33. The lowest BCUT2D eigenvalue weighted by atomic mass is 9.72. The van der Waals surface area contributed by atoms with Gasteiger partial charge in [0.2, 0.25) is 11.8 Å². The highest BCUT2D eigenvalue weighted by Gasteiger charge is 2.50. The van der Waals surface area contributed by atoms with Crippen molar-refractivity contribution in [2.75, 3.05) is 40.0 Å². The second kappa shape index (κ2) is 5.24. The maximum Gasteiger partial charge on any atom is 0.248 e. The van der Waals surface area contributed by atoms with Crippen molar-refractivity contribution in [2.24, 2.45) is 17.1 Å². The molecule has 2 fully saturated rings. The Kier molecular flexibility index (Phi) is 3.87. The molecular weight excluding hydrogens is 236 g/mol. The zero-order valence-electron chi connectivity index (χ0n) is 10.7. The number of nitrogens with two attached hydrogens (primary N) is 1. The van der Waals surface area contributed by atoms with E-state index in [-0.39, 0.29) is 29.8 Å². The van der Waals surface area contributed by atoms with Crippen molar-refractivity contribution in [3.8, 4) is 0 Å². The number of carbonyl (C=O) groups is 2. The highest BCUT2D eigenvalue weighted by molar-refractivity contribution is 5.82. The van der Waals surface area contributed by atoms with Crippen molar-refractivity contribution in [1.82, 2.24) is 4.90 Å². The van der Waals surface area contributed by atoms with Gasteiger partial charge in [-0.1, -0.05) is 0 Å². The van der Waals surface area contributed by atoms with Crippen molar-refractivity contribution >= 4 is 11.8 Å². The normalized spacial score (nSPS) is 26.5. The summed E-state index contributed by atoms with van der Waals surface area (Å²) in [6.07, 6.45) is 1.58. The second-order valence-corrected chi connectivity index (χ2v) is 5.14. The summed E-state index contributed by atoms with van der Waals surface area (Å²) in [5.74, 6) is -0.654. The molecule has 1 atom stereocenters. The minimum atomic E-state index is -0.315. The van der Waals surface area contributed by atoms with Gasteiger partial charge in [-0.25, -0.2) is 0 Å². The monoisotopic (exact) mass is 256 g/mol. The smallest absolute Gasteiger partial charge is 0.248 e. The van der Waals surface area contributed by atoms with Gasteiger partial charge in [-0.2, -0.15) is 0 Å². The predicted octanol–water partition coefficient (Wildman–Crippen LogP) is -0.627. The Balaban J connectivity index is 2.13. The summed E-state index contributed by atoms with van der Waals surface area (Å²) in [5, 5.41) is 0. The average molecular weight is 256 g/mol. The molecule has 2 amide bonds. The van der Waals surface area contributed by atoms with Gasteiger partial charge in [-0.15, -0.1) is 0 Å². The number of nitrogens with zero attached hydrogens (tertiary/aromatic N) is 1. The number of hydrogen-bond acceptors (Lipinski definition) is 4. The lowest BCUT2D eigenvalue weighted by molar-refractivity contribution is -0.134. The third-order valence-electron chi connectivity index (χ3n) is 4.10. The van der Waals surface area contributed by atoms with Gasteiger partial charge in [-0.05, 0) is 12.8 Å². The fraction of sp³-hybridized carbons (Fsp3) is 0.833. The molecule has 2 N–H and O–H groups in total. The zero-order chi connectivity index (χ0) is 13.2. The van der Waals surface area contributed by atoms with E-state index in [1.54, 1.807) is 4.90 Å². The molecule has 18 heavy (non-hydrogen) atoms. The van der Waals surface area contributed by atoms with Crippen LogP contribution in [-0.2, 0) is 19.1 Å². The van der Waals surface area contributed by atoms with Crippen LogP contribution in [-0.4, -0.2) is 56.7 Å². The van der Waals surface area contributed by atoms with Crippen LogP contribution in [0.5, 0.6) is 0 Å². The summed E-state index contributed by atoms with van der Waals surface area (Å²) in [7, 11) is 1.49. The van der Waals surface area contributed by atoms with Gasteiger partial charge < -0.3 is 20.1 Å². The molecule has 0 aromatic carbocycles. The zero-order valence-corrected chi connectivity index (χ0v) is 10.7. The topological polar surface area (TPSA) is 81.9 Å². The highest BCUT2D eigenvalue weighted by atomic mass is 16.5. The fourth-order valence-electron chi connectivity index (χ4n) is 3.05. The lowest BCUT2D eigenvalue weighted by Crippen LogP contribution is -2.42. The van der Waals surface area contributed by atoms with E-state index >= 15 is 0 Å². The van der Waals surface area contributed by atoms with Crippen molar-refractivity contribution < 1.29 is 19.1 Å². The summed E-state index contributed by atoms with van der Waals surface area (Å²) in [6, 6.07) is 0. The van der Waals surface area contributed by atoms with Crippen LogP contribution < -0.4 is 5.73 Å². The number of rotatable bonds is 3. The standard InChI is InChI=1S/C12H20N2O4/c1-17-7-10(15)14-6-9(11(13)16)12(8-14)2-4-18-5-3-12/h9H,2-8H2,1H3,(H2,13,16). The Labute approximate surface area is 106 Å². The lowest BCUT2D eigenvalue weighted by Gasteiger charge is -2.36. The van der Waals surface area contributed by atoms with E-state index in [1.807, 2.05) is 0 Å². The van der Waals surface area contributed by atoms with E-state index in [0.29, 0.717) is 26.3 Å². The molecule has 6 nitrogen and oxygen atoms in total. The minimum Gasteiger partial charge on any atom is -0.381 e. The van der Waals surface area contributed by atoms with Gasteiger partial charge in [-0.3, -0.25) is 9.59 Å². The van der Waals surface area contributed by atoms with Crippen LogP contribution >= 0.6 is 0 Å². The van der Waals surface area contributed by atoms with Gasteiger partial charge >= 0.3 is 0 Å². The van der Waals surface area contributed by atoms with E-state index in [9.17, 15) is 9.59 Å². The fourth-order valence-corrected chi connectivity index (χ4v) is 3.05. The van der Waals surface area contributed by atoms with E-state index < -0.39 is 0 Å². The van der Waals surface area contributed by atoms with Crippen LogP contribution in [0.25, 0.3) is 0 Å². The van der Waals surface area contributed by atoms with E-state index in [1.165, 1.54) is 7.11 Å². The molecule has 0 aromatic rings. The van der Waals surface area contributed by atoms with Gasteiger partial charge in [0, 0.05) is 38.8 Å². The summed E-state index contributed by atoms with van der Waals surface area (Å²) in [5.41, 5.74) is 5.30. The first kappa shape index (κ1) is 13.3. The molecule has 2 heterocycles. The highest BCUT2D eigenvalue weighted by Crippen LogP contribution is 2.44. The van der Waals surface area contributed by atoms with Crippen LogP contribution in [0.2, 0.25) is 0 Å². The molecule has 2 rings (SSSR count). The van der Waals surface area contributed by atoms with Crippen LogP contribution in [0, 0.1) is 11.3 Å². The largest absolute Gasteiger partial charge is 0.381 e. The molecule has 6 heteroatoms. The molecule has 0 aromatic heterocycles. The molecule has 0 aliphatic carbocycles. The molecule has 2 saturated heterocycles. The van der Waals surface area contributed by atoms with Crippen molar-refractivity contribution in [2.45, 2.75) is 12.8 Å². The first-order valence-electron chi connectivity index (χ1n) is 6.23. The molecule has 2 aliphatic rings. The molecule has 1 unspecified atom stereocenters. The van der Waals surface area contributed by atoms with Crippen LogP contribution in [0.4, 0.5) is 0 Å². The summed E-state index contributed by atoms with van der Waals surface area (Å²) < 4.78 is 10.2. The maximum atomic E-state index is 11.9. The first-order valence-corrected chi connectivity index (χ1v) is 6.23. The molecule has 2 aliphatic heterocycles. The molecule has 0 saturated carbocycles. The average Bonchev–Trinajstić information content (AvgIpc) is 2.70. The van der Waals surface area contributed by atoms with Crippen molar-refractivity contribution in [3.05, 3.63) is 0 Å². The molecule has 0 bridgehead atoms. The van der Waals surface area contributed by atoms with Crippen LogP contribution in [0.3, 0.4) is 0 Å². The quantitative estimate of drug-likeness (QED) is 0.729. The number of hydrogen-bond donors (Lipinski definition) is 1. The number of methoxy groups -OCH3 is 1. The van der Waals surface area contributed by atoms with Gasteiger partial charge in [0.1, 0.15) is 6.61 Å². The second-order valence-electron chi connectivity index (χ2n) is 5.14. The van der Waals surface area contributed by atoms with E-state index in [0.717, 1.165) is 12.8 Å². The third kappa shape index (κ3) is 2.35. The maximum absolute atomic E-state index is 11.9. The number of ether oxygens (including phenoxy) is 2. The third-order valence-corrected chi connectivity index (χ3v) is 4.10. The number of amides is 2. The first-order chi connectivity index (χ1) is 8.59. The Morgan fingerprint density at radius 3 is 2.67 bits per heavy atom. The summed E-state index contributed by atoms with van der Waals surface area (Å²) >= 11 is 0. The van der Waals surface area contributed by atoms with Gasteiger partial charge in [0.05, 0.1) is 5.92 Å². The van der Waals surface area contributed by atoms with Crippen molar-refractivity contribution in [1.29, 1.82) is 0 Å². The summed E-state index contributed by atoms with van der Waals surface area (Å²) in [4.78, 5) is 25.2. The predicted molar refractivity (Wildman–Crippen MR) is 63.6 cm³/mol. The van der Waals surface area contributed by atoms with E-state index in [2.05, 4.69) is 0 Å². The molecular formula is C12H20N2O4. The number of carbonyl (C=O) groups excluding carboxylic acids is 2. The van der Waals surface area contributed by atoms with Crippen molar-refractivity contribution in [3.63, 3.8) is 0 Å². The molecule has 1 spiro atoms. The molecule has 0 radical (unpaired) electrons. The van der Waals surface area contributed by atoms with Gasteiger partial charge in [0.15, 0.2) is 0 Å².